The molecule has 6 nitrogen and oxygen atoms in total. The Morgan fingerprint density at radius 2 is 2.04 bits per heavy atom. The predicted octanol–water partition coefficient (Wildman–Crippen LogP) is 3.66. The van der Waals surface area contributed by atoms with Gasteiger partial charge in [0.2, 0.25) is 0 Å². The van der Waals surface area contributed by atoms with Crippen LogP contribution < -0.4 is 5.32 Å². The Morgan fingerprint density at radius 1 is 1.36 bits per heavy atom. The predicted molar refractivity (Wildman–Crippen MR) is 95.6 cm³/mol. The molecule has 2 amide bonds. The van der Waals surface area contributed by atoms with Crippen LogP contribution in [0.5, 0.6) is 0 Å². The van der Waals surface area contributed by atoms with Gasteiger partial charge in [-0.1, -0.05) is 6.92 Å². The van der Waals surface area contributed by atoms with Gasteiger partial charge in [-0.25, -0.2) is 4.79 Å². The molecule has 2 rings (SSSR count). The molecule has 1 fully saturated rings. The zero-order valence-electron chi connectivity index (χ0n) is 16.1. The van der Waals surface area contributed by atoms with E-state index in [9.17, 15) is 9.59 Å². The average molecular weight is 350 g/mol. The molecule has 1 aromatic rings. The molecule has 2 unspecified atom stereocenters. The lowest BCUT2D eigenvalue weighted by atomic mass is 9.90. The maximum atomic E-state index is 12.7. The van der Waals surface area contributed by atoms with Crippen molar-refractivity contribution in [1.82, 2.24) is 10.2 Å². The number of rotatable bonds is 3. The van der Waals surface area contributed by atoms with Gasteiger partial charge in [-0.15, -0.1) is 0 Å². The van der Waals surface area contributed by atoms with Crippen LogP contribution in [0.25, 0.3) is 0 Å². The number of nitrogens with zero attached hydrogens (tertiary/aromatic N) is 1. The van der Waals surface area contributed by atoms with Gasteiger partial charge in [0, 0.05) is 24.7 Å². The first-order valence-electron chi connectivity index (χ1n) is 8.96. The van der Waals surface area contributed by atoms with Gasteiger partial charge in [0.1, 0.15) is 11.4 Å². The Labute approximate surface area is 149 Å². The summed E-state index contributed by atoms with van der Waals surface area (Å²) in [7, 11) is 0. The second-order valence-electron chi connectivity index (χ2n) is 7.83. The summed E-state index contributed by atoms with van der Waals surface area (Å²) in [5.41, 5.74) is 0.349. The standard InChI is InChI=1S/C19H30N2O4/c1-7-14-11-21(17(22)16-12(2)10-13(3)24-16)9-8-15(14)20-18(23)25-19(4,5)6/h10,14-15H,7-9,11H2,1-6H3,(H,20,23). The molecular formula is C19H30N2O4. The van der Waals surface area contributed by atoms with Gasteiger partial charge in [0.25, 0.3) is 5.91 Å². The van der Waals surface area contributed by atoms with Crippen LogP contribution in [0.2, 0.25) is 0 Å². The summed E-state index contributed by atoms with van der Waals surface area (Å²) in [6, 6.07) is 1.89. The van der Waals surface area contributed by atoms with Gasteiger partial charge in [0.05, 0.1) is 0 Å². The van der Waals surface area contributed by atoms with Gasteiger partial charge in [-0.2, -0.15) is 0 Å². The van der Waals surface area contributed by atoms with E-state index in [2.05, 4.69) is 12.2 Å². The minimum absolute atomic E-state index is 0.0170. The van der Waals surface area contributed by atoms with Crippen molar-refractivity contribution in [2.24, 2.45) is 5.92 Å². The molecule has 1 N–H and O–H groups in total. The van der Waals surface area contributed by atoms with Gasteiger partial charge < -0.3 is 19.4 Å². The van der Waals surface area contributed by atoms with Crippen LogP contribution >= 0.6 is 0 Å². The largest absolute Gasteiger partial charge is 0.456 e. The zero-order valence-corrected chi connectivity index (χ0v) is 16.1. The summed E-state index contributed by atoms with van der Waals surface area (Å²) in [5, 5.41) is 2.97. The molecule has 0 aromatic carbocycles. The molecule has 1 aromatic heterocycles. The van der Waals surface area contributed by atoms with E-state index in [1.54, 1.807) is 0 Å². The minimum Gasteiger partial charge on any atom is -0.456 e. The zero-order chi connectivity index (χ0) is 18.8. The van der Waals surface area contributed by atoms with E-state index in [0.29, 0.717) is 25.3 Å². The number of hydrogen-bond donors (Lipinski definition) is 1. The summed E-state index contributed by atoms with van der Waals surface area (Å²) in [6.07, 6.45) is 1.19. The number of ether oxygens (including phenoxy) is 1. The number of nitrogens with one attached hydrogen (secondary N) is 1. The van der Waals surface area contributed by atoms with Crippen molar-refractivity contribution >= 4 is 12.0 Å². The Morgan fingerprint density at radius 3 is 2.56 bits per heavy atom. The fraction of sp³-hybridized carbons (Fsp3) is 0.684. The highest BCUT2D eigenvalue weighted by Gasteiger charge is 2.34. The summed E-state index contributed by atoms with van der Waals surface area (Å²) in [5.74, 6) is 1.29. The van der Waals surface area contributed by atoms with E-state index in [0.717, 1.165) is 17.7 Å². The Hall–Kier alpha value is -1.98. The number of amides is 2. The van der Waals surface area contributed by atoms with Crippen molar-refractivity contribution in [3.05, 3.63) is 23.2 Å². The Balaban J connectivity index is 2.00. The second-order valence-corrected chi connectivity index (χ2v) is 7.83. The molecule has 140 valence electrons. The Kier molecular flexibility index (Phi) is 5.80. The van der Waals surface area contributed by atoms with Crippen LogP contribution in [-0.2, 0) is 4.74 Å². The minimum atomic E-state index is -0.517. The molecular weight excluding hydrogens is 320 g/mol. The molecule has 0 saturated carbocycles. The van der Waals surface area contributed by atoms with Crippen LogP contribution in [0.3, 0.4) is 0 Å². The molecule has 25 heavy (non-hydrogen) atoms. The van der Waals surface area contributed by atoms with Crippen molar-refractivity contribution in [2.75, 3.05) is 13.1 Å². The highest BCUT2D eigenvalue weighted by Crippen LogP contribution is 2.24. The van der Waals surface area contributed by atoms with E-state index < -0.39 is 11.7 Å². The molecule has 1 aliphatic rings. The second kappa shape index (κ2) is 7.50. The van der Waals surface area contributed by atoms with Crippen molar-refractivity contribution in [3.63, 3.8) is 0 Å². The number of carbonyl (C=O) groups is 2. The van der Waals surface area contributed by atoms with Crippen molar-refractivity contribution in [2.45, 2.75) is 66.0 Å². The monoisotopic (exact) mass is 350 g/mol. The lowest BCUT2D eigenvalue weighted by molar-refractivity contribution is 0.0411. The van der Waals surface area contributed by atoms with Gasteiger partial charge in [0.15, 0.2) is 5.76 Å². The average Bonchev–Trinajstić information content (AvgIpc) is 2.83. The van der Waals surface area contributed by atoms with E-state index in [1.165, 1.54) is 0 Å². The van der Waals surface area contributed by atoms with E-state index in [4.69, 9.17) is 9.15 Å². The van der Waals surface area contributed by atoms with E-state index >= 15 is 0 Å². The SMILES string of the molecule is CCC1CN(C(=O)c2oc(C)cc2C)CCC1NC(=O)OC(C)(C)C. The van der Waals surface area contributed by atoms with Gasteiger partial charge in [-0.05, 0) is 59.4 Å². The summed E-state index contributed by atoms with van der Waals surface area (Å²) in [4.78, 5) is 26.6. The third kappa shape index (κ3) is 5.00. The third-order valence-corrected chi connectivity index (χ3v) is 4.48. The highest BCUT2D eigenvalue weighted by atomic mass is 16.6. The molecule has 0 aliphatic carbocycles. The number of piperidine rings is 1. The van der Waals surface area contributed by atoms with Crippen LogP contribution in [0.1, 0.15) is 62.4 Å². The smallest absolute Gasteiger partial charge is 0.407 e. The molecule has 0 spiro atoms. The molecule has 6 heteroatoms. The van der Waals surface area contributed by atoms with Crippen molar-refractivity contribution in [3.8, 4) is 0 Å². The molecule has 1 saturated heterocycles. The fourth-order valence-corrected chi connectivity index (χ4v) is 3.28. The lowest BCUT2D eigenvalue weighted by Gasteiger charge is -2.38. The quantitative estimate of drug-likeness (QED) is 0.903. The normalized spacial score (nSPS) is 21.1. The van der Waals surface area contributed by atoms with Crippen LogP contribution in [0.4, 0.5) is 4.79 Å². The summed E-state index contributed by atoms with van der Waals surface area (Å²) < 4.78 is 10.9. The first-order chi connectivity index (χ1) is 11.6. The third-order valence-electron chi connectivity index (χ3n) is 4.48. The molecule has 2 atom stereocenters. The van der Waals surface area contributed by atoms with Crippen LogP contribution in [-0.4, -0.2) is 41.6 Å². The molecule has 2 heterocycles. The number of alkyl carbamates (subject to hydrolysis) is 1. The molecule has 0 bridgehead atoms. The van der Waals surface area contributed by atoms with E-state index in [1.807, 2.05) is 45.6 Å². The molecule has 0 radical (unpaired) electrons. The van der Waals surface area contributed by atoms with Crippen molar-refractivity contribution < 1.29 is 18.7 Å². The topological polar surface area (TPSA) is 71.8 Å². The van der Waals surface area contributed by atoms with E-state index in [-0.39, 0.29) is 17.9 Å². The number of furan rings is 1. The maximum absolute atomic E-state index is 12.7. The molecule has 1 aliphatic heterocycles. The first-order valence-corrected chi connectivity index (χ1v) is 8.96. The summed E-state index contributed by atoms with van der Waals surface area (Å²) in [6.45, 7) is 12.5. The van der Waals surface area contributed by atoms with Crippen LogP contribution in [0.15, 0.2) is 10.5 Å². The van der Waals surface area contributed by atoms with Crippen molar-refractivity contribution in [1.29, 1.82) is 0 Å². The first kappa shape index (κ1) is 19.3. The number of hydrogen-bond acceptors (Lipinski definition) is 4. The number of aryl methyl sites for hydroxylation is 2. The van der Waals surface area contributed by atoms with Crippen LogP contribution in [0, 0.1) is 19.8 Å². The number of likely N-dealkylation sites (tertiary alicyclic amines) is 1. The highest BCUT2D eigenvalue weighted by molar-refractivity contribution is 5.93. The Bertz CT molecular complexity index is 630. The maximum Gasteiger partial charge on any atom is 0.407 e. The number of carbonyl (C=O) groups excluding carboxylic acids is 2. The summed E-state index contributed by atoms with van der Waals surface area (Å²) >= 11 is 0. The van der Waals surface area contributed by atoms with Gasteiger partial charge >= 0.3 is 6.09 Å². The lowest BCUT2D eigenvalue weighted by Crippen LogP contribution is -2.53. The fourth-order valence-electron chi connectivity index (χ4n) is 3.28. The van der Waals surface area contributed by atoms with Gasteiger partial charge in [-0.3, -0.25) is 4.79 Å².